The van der Waals surface area contributed by atoms with Crippen LogP contribution < -0.4 is 4.31 Å². The lowest BCUT2D eigenvalue weighted by Crippen LogP contribution is -2.25. The monoisotopic (exact) mass is 309 g/mol. The number of hydrogen-bond donors (Lipinski definition) is 0. The number of anilines is 2. The third-order valence-corrected chi connectivity index (χ3v) is 4.52. The topological polar surface area (TPSA) is 37.4 Å². The van der Waals surface area contributed by atoms with Gasteiger partial charge in [0.15, 0.2) is 0 Å². The highest BCUT2D eigenvalue weighted by atomic mass is 35.5. The van der Waals surface area contributed by atoms with Crippen molar-refractivity contribution < 1.29 is 8.42 Å². The standard InChI is InChI=1S/C15H16ClNO2S/c1-11-8-9-13(10-12(11)2)17(20(3,18)19)15-7-5-4-6-14(15)16/h4-10H,1-3H3. The molecule has 2 aromatic rings. The molecule has 0 aliphatic carbocycles. The molecule has 0 heterocycles. The Morgan fingerprint density at radius 2 is 1.65 bits per heavy atom. The summed E-state index contributed by atoms with van der Waals surface area (Å²) in [6, 6.07) is 12.4. The number of sulfonamides is 1. The first-order chi connectivity index (χ1) is 9.30. The maximum atomic E-state index is 12.1. The summed E-state index contributed by atoms with van der Waals surface area (Å²) in [6.07, 6.45) is 1.17. The van der Waals surface area contributed by atoms with Crippen molar-refractivity contribution in [2.24, 2.45) is 0 Å². The summed E-state index contributed by atoms with van der Waals surface area (Å²) in [5, 5.41) is 0.399. The summed E-state index contributed by atoms with van der Waals surface area (Å²) < 4.78 is 25.6. The van der Waals surface area contributed by atoms with Crippen molar-refractivity contribution in [2.75, 3.05) is 10.6 Å². The average molecular weight is 310 g/mol. The lowest BCUT2D eigenvalue weighted by molar-refractivity contribution is 0.602. The molecule has 0 saturated heterocycles. The normalized spacial score (nSPS) is 11.4. The van der Waals surface area contributed by atoms with E-state index < -0.39 is 10.0 Å². The molecular formula is C15H16ClNO2S. The molecule has 0 bridgehead atoms. The zero-order valence-corrected chi connectivity index (χ0v) is 13.2. The predicted molar refractivity (Wildman–Crippen MR) is 84.4 cm³/mol. The molecule has 20 heavy (non-hydrogen) atoms. The highest BCUT2D eigenvalue weighted by Crippen LogP contribution is 2.34. The largest absolute Gasteiger partial charge is 0.237 e. The van der Waals surface area contributed by atoms with Gasteiger partial charge >= 0.3 is 0 Å². The summed E-state index contributed by atoms with van der Waals surface area (Å²) in [5.74, 6) is 0. The first-order valence-electron chi connectivity index (χ1n) is 6.13. The molecule has 0 aromatic heterocycles. The van der Waals surface area contributed by atoms with Crippen LogP contribution in [0.2, 0.25) is 5.02 Å². The molecule has 0 unspecified atom stereocenters. The molecule has 0 atom stereocenters. The van der Waals surface area contributed by atoms with Gasteiger partial charge in [0.25, 0.3) is 0 Å². The number of benzene rings is 2. The van der Waals surface area contributed by atoms with Gasteiger partial charge in [-0.3, -0.25) is 0 Å². The molecule has 3 nitrogen and oxygen atoms in total. The van der Waals surface area contributed by atoms with Crippen molar-refractivity contribution in [3.05, 3.63) is 58.6 Å². The molecule has 5 heteroatoms. The molecule has 2 aromatic carbocycles. The van der Waals surface area contributed by atoms with E-state index in [-0.39, 0.29) is 0 Å². The molecule has 0 radical (unpaired) electrons. The highest BCUT2D eigenvalue weighted by Gasteiger charge is 2.22. The molecule has 0 spiro atoms. The summed E-state index contributed by atoms with van der Waals surface area (Å²) in [6.45, 7) is 3.94. The van der Waals surface area contributed by atoms with Crippen LogP contribution in [0.4, 0.5) is 11.4 Å². The second kappa shape index (κ2) is 5.46. The Labute approximate surface area is 124 Å². The first kappa shape index (κ1) is 14.9. The Morgan fingerprint density at radius 1 is 1.00 bits per heavy atom. The van der Waals surface area contributed by atoms with Crippen molar-refractivity contribution in [3.8, 4) is 0 Å². The second-order valence-electron chi connectivity index (χ2n) is 4.75. The molecule has 0 aliphatic heterocycles. The van der Waals surface area contributed by atoms with E-state index in [2.05, 4.69) is 0 Å². The molecule has 0 aliphatic rings. The number of para-hydroxylation sites is 1. The van der Waals surface area contributed by atoms with Gasteiger partial charge in [0.05, 0.1) is 22.7 Å². The van der Waals surface area contributed by atoms with Crippen LogP contribution in [-0.2, 0) is 10.0 Å². The fourth-order valence-electron chi connectivity index (χ4n) is 1.98. The van der Waals surface area contributed by atoms with E-state index in [1.165, 1.54) is 10.6 Å². The van der Waals surface area contributed by atoms with Crippen LogP contribution in [0, 0.1) is 13.8 Å². The van der Waals surface area contributed by atoms with E-state index in [1.54, 1.807) is 30.3 Å². The summed E-state index contributed by atoms with van der Waals surface area (Å²) in [5.41, 5.74) is 3.19. The van der Waals surface area contributed by atoms with Crippen LogP contribution in [0.3, 0.4) is 0 Å². The smallest absolute Gasteiger partial charge is 0.236 e. The van der Waals surface area contributed by atoms with Crippen molar-refractivity contribution in [1.29, 1.82) is 0 Å². The van der Waals surface area contributed by atoms with E-state index >= 15 is 0 Å². The predicted octanol–water partition coefficient (Wildman–Crippen LogP) is 4.05. The van der Waals surface area contributed by atoms with Crippen LogP contribution in [0.15, 0.2) is 42.5 Å². The minimum Gasteiger partial charge on any atom is -0.237 e. The maximum absolute atomic E-state index is 12.1. The maximum Gasteiger partial charge on any atom is 0.236 e. The van der Waals surface area contributed by atoms with E-state index in [1.807, 2.05) is 26.0 Å². The Morgan fingerprint density at radius 3 is 2.20 bits per heavy atom. The zero-order valence-electron chi connectivity index (χ0n) is 11.6. The molecular weight excluding hydrogens is 294 g/mol. The minimum atomic E-state index is -3.47. The number of hydrogen-bond acceptors (Lipinski definition) is 2. The van der Waals surface area contributed by atoms with Crippen LogP contribution in [0.25, 0.3) is 0 Å². The average Bonchev–Trinajstić information content (AvgIpc) is 2.35. The third kappa shape index (κ3) is 2.97. The Kier molecular flexibility index (Phi) is 4.06. The van der Waals surface area contributed by atoms with Gasteiger partial charge in [-0.1, -0.05) is 29.8 Å². The fraction of sp³-hybridized carbons (Fsp3) is 0.200. The van der Waals surface area contributed by atoms with Gasteiger partial charge in [-0.2, -0.15) is 0 Å². The van der Waals surface area contributed by atoms with Gasteiger partial charge in [0.1, 0.15) is 0 Å². The van der Waals surface area contributed by atoms with Crippen molar-refractivity contribution >= 4 is 33.0 Å². The van der Waals surface area contributed by atoms with Gasteiger partial charge in [0.2, 0.25) is 10.0 Å². The molecule has 0 saturated carbocycles. The van der Waals surface area contributed by atoms with Crippen LogP contribution in [0.5, 0.6) is 0 Å². The van der Waals surface area contributed by atoms with Crippen molar-refractivity contribution in [2.45, 2.75) is 13.8 Å². The van der Waals surface area contributed by atoms with Gasteiger partial charge in [0, 0.05) is 0 Å². The molecule has 106 valence electrons. The SMILES string of the molecule is Cc1ccc(N(c2ccccc2Cl)S(C)(=O)=O)cc1C. The molecule has 2 rings (SSSR count). The third-order valence-electron chi connectivity index (χ3n) is 3.13. The quantitative estimate of drug-likeness (QED) is 0.857. The van der Waals surface area contributed by atoms with Crippen molar-refractivity contribution in [1.82, 2.24) is 0 Å². The molecule has 0 amide bonds. The van der Waals surface area contributed by atoms with E-state index in [0.29, 0.717) is 16.4 Å². The summed E-state index contributed by atoms with van der Waals surface area (Å²) in [4.78, 5) is 0. The van der Waals surface area contributed by atoms with Gasteiger partial charge in [-0.25, -0.2) is 12.7 Å². The first-order valence-corrected chi connectivity index (χ1v) is 8.35. The lowest BCUT2D eigenvalue weighted by atomic mass is 10.1. The Hall–Kier alpha value is -1.52. The number of halogens is 1. The van der Waals surface area contributed by atoms with Gasteiger partial charge in [-0.15, -0.1) is 0 Å². The summed E-state index contributed by atoms with van der Waals surface area (Å²) >= 11 is 6.14. The summed E-state index contributed by atoms with van der Waals surface area (Å²) in [7, 11) is -3.47. The number of nitrogens with zero attached hydrogens (tertiary/aromatic N) is 1. The van der Waals surface area contributed by atoms with Crippen molar-refractivity contribution in [3.63, 3.8) is 0 Å². The van der Waals surface area contributed by atoms with E-state index in [9.17, 15) is 8.42 Å². The lowest BCUT2D eigenvalue weighted by Gasteiger charge is -2.24. The van der Waals surface area contributed by atoms with E-state index in [4.69, 9.17) is 11.6 Å². The number of aryl methyl sites for hydroxylation is 2. The fourth-order valence-corrected chi connectivity index (χ4v) is 3.26. The van der Waals surface area contributed by atoms with Crippen LogP contribution in [0.1, 0.15) is 11.1 Å². The van der Waals surface area contributed by atoms with Gasteiger partial charge < -0.3 is 0 Å². The second-order valence-corrected chi connectivity index (χ2v) is 6.99. The van der Waals surface area contributed by atoms with Crippen LogP contribution >= 0.6 is 11.6 Å². The Balaban J connectivity index is 2.66. The molecule has 0 fully saturated rings. The number of rotatable bonds is 3. The van der Waals surface area contributed by atoms with E-state index in [0.717, 1.165) is 11.1 Å². The van der Waals surface area contributed by atoms with Gasteiger partial charge in [-0.05, 0) is 49.2 Å². The minimum absolute atomic E-state index is 0.399. The molecule has 0 N–H and O–H groups in total. The van der Waals surface area contributed by atoms with Crippen LogP contribution in [-0.4, -0.2) is 14.7 Å². The zero-order chi connectivity index (χ0) is 14.9. The Bertz CT molecular complexity index is 741. The highest BCUT2D eigenvalue weighted by molar-refractivity contribution is 7.92.